The van der Waals surface area contributed by atoms with Crippen LogP contribution in [0.5, 0.6) is 0 Å². The predicted molar refractivity (Wildman–Crippen MR) is 119 cm³/mol. The molecule has 0 aliphatic heterocycles. The Balaban J connectivity index is 2.34. The number of fused-ring (bicyclic) bond motifs is 1. The molecule has 0 saturated heterocycles. The Labute approximate surface area is 197 Å². The third-order valence-electron chi connectivity index (χ3n) is 4.74. The van der Waals surface area contributed by atoms with Crippen molar-refractivity contribution in [2.75, 3.05) is 5.32 Å². The van der Waals surface area contributed by atoms with E-state index < -0.39 is 72.3 Å². The topological polar surface area (TPSA) is 235 Å². The fraction of sp³-hybridized carbons (Fsp3) is 0.0556. The number of carbonyl (C=O) groups excluding carboxylic acids is 1. The Bertz CT molecular complexity index is 1740. The quantitative estimate of drug-likeness (QED) is 0.197. The van der Waals surface area contributed by atoms with E-state index in [2.05, 4.69) is 5.32 Å². The Morgan fingerprint density at radius 2 is 1.40 bits per heavy atom. The third kappa shape index (κ3) is 5.45. The molecule has 0 aromatic heterocycles. The molecule has 0 bridgehead atoms. The minimum absolute atomic E-state index is 0.0932. The molecule has 35 heavy (non-hydrogen) atoms. The number of rotatable bonds is 6. The highest BCUT2D eigenvalue weighted by molar-refractivity contribution is 7.87. The van der Waals surface area contributed by atoms with Crippen molar-refractivity contribution in [1.82, 2.24) is 0 Å². The van der Waals surface area contributed by atoms with Crippen molar-refractivity contribution >= 4 is 58.4 Å². The van der Waals surface area contributed by atoms with Gasteiger partial charge in [0.1, 0.15) is 4.90 Å². The molecular weight excluding hydrogens is 532 g/mol. The van der Waals surface area contributed by atoms with E-state index in [1.807, 2.05) is 0 Å². The Hall–Kier alpha value is -3.48. The summed E-state index contributed by atoms with van der Waals surface area (Å²) in [5, 5.41) is 12.1. The van der Waals surface area contributed by atoms with E-state index in [-0.39, 0.29) is 16.8 Å². The number of nitro groups is 1. The number of carbonyl (C=O) groups is 1. The molecule has 0 spiro atoms. The second-order valence-electron chi connectivity index (χ2n) is 7.13. The summed E-state index contributed by atoms with van der Waals surface area (Å²) >= 11 is 0. The van der Waals surface area contributed by atoms with E-state index in [1.54, 1.807) is 0 Å². The fourth-order valence-corrected chi connectivity index (χ4v) is 5.14. The Kier molecular flexibility index (Phi) is 6.44. The second kappa shape index (κ2) is 8.63. The molecule has 0 radical (unpaired) electrons. The van der Waals surface area contributed by atoms with Crippen LogP contribution < -0.4 is 5.32 Å². The van der Waals surface area contributed by atoms with Crippen molar-refractivity contribution in [2.45, 2.75) is 21.6 Å². The van der Waals surface area contributed by atoms with Crippen LogP contribution in [0.15, 0.2) is 57.2 Å². The molecular formula is C18H14N2O12S3. The predicted octanol–water partition coefficient (Wildman–Crippen LogP) is 2.05. The van der Waals surface area contributed by atoms with Gasteiger partial charge in [-0.1, -0.05) is 0 Å². The van der Waals surface area contributed by atoms with Crippen molar-refractivity contribution < 1.29 is 48.6 Å². The summed E-state index contributed by atoms with van der Waals surface area (Å²) in [6, 6.07) is 5.55. The molecule has 3 aromatic carbocycles. The molecule has 0 aliphatic rings. The lowest BCUT2D eigenvalue weighted by atomic mass is 10.1. The van der Waals surface area contributed by atoms with Crippen LogP contribution in [0.3, 0.4) is 0 Å². The zero-order valence-electron chi connectivity index (χ0n) is 17.2. The number of anilines is 1. The maximum Gasteiger partial charge on any atom is 0.295 e. The van der Waals surface area contributed by atoms with Gasteiger partial charge < -0.3 is 5.32 Å². The van der Waals surface area contributed by atoms with Gasteiger partial charge in [0.05, 0.1) is 20.4 Å². The average molecular weight is 547 g/mol. The van der Waals surface area contributed by atoms with E-state index in [4.69, 9.17) is 0 Å². The van der Waals surface area contributed by atoms with Crippen LogP contribution in [0.1, 0.15) is 15.9 Å². The lowest BCUT2D eigenvalue weighted by molar-refractivity contribution is -0.385. The number of amides is 1. The lowest BCUT2D eigenvalue weighted by Gasteiger charge is -2.14. The molecule has 0 fully saturated rings. The summed E-state index contributed by atoms with van der Waals surface area (Å²) in [7, 11) is -15.3. The van der Waals surface area contributed by atoms with E-state index >= 15 is 0 Å². The summed E-state index contributed by atoms with van der Waals surface area (Å²) in [4.78, 5) is 20.1. The van der Waals surface area contributed by atoms with Crippen molar-refractivity contribution in [3.63, 3.8) is 0 Å². The average Bonchev–Trinajstić information content (AvgIpc) is 2.70. The zero-order valence-corrected chi connectivity index (χ0v) is 19.7. The summed E-state index contributed by atoms with van der Waals surface area (Å²) < 4.78 is 99.1. The number of benzene rings is 3. The van der Waals surface area contributed by atoms with Gasteiger partial charge in [-0.3, -0.25) is 28.6 Å². The van der Waals surface area contributed by atoms with E-state index in [1.165, 1.54) is 6.92 Å². The maximum atomic E-state index is 12.8. The number of nitrogens with zero attached hydrogens (tertiary/aromatic N) is 1. The van der Waals surface area contributed by atoms with Crippen LogP contribution in [0.2, 0.25) is 0 Å². The molecule has 3 aromatic rings. The van der Waals surface area contributed by atoms with E-state index in [0.717, 1.165) is 18.2 Å². The van der Waals surface area contributed by atoms with Crippen LogP contribution in [0.25, 0.3) is 10.8 Å². The first-order valence-electron chi connectivity index (χ1n) is 9.00. The minimum atomic E-state index is -5.22. The molecule has 1 amide bonds. The van der Waals surface area contributed by atoms with E-state index in [9.17, 15) is 53.8 Å². The summed E-state index contributed by atoms with van der Waals surface area (Å²) in [5.41, 5.74) is -0.963. The Morgan fingerprint density at radius 1 is 0.857 bits per heavy atom. The van der Waals surface area contributed by atoms with Crippen molar-refractivity contribution in [3.05, 3.63) is 63.7 Å². The van der Waals surface area contributed by atoms with Gasteiger partial charge in [-0.05, 0) is 48.7 Å². The van der Waals surface area contributed by atoms with Crippen LogP contribution in [0, 0.1) is 17.0 Å². The highest BCUT2D eigenvalue weighted by Gasteiger charge is 2.26. The first-order chi connectivity index (χ1) is 15.9. The Morgan fingerprint density at radius 3 is 1.86 bits per heavy atom. The molecule has 0 atom stereocenters. The largest absolute Gasteiger partial charge is 0.321 e. The van der Waals surface area contributed by atoms with Gasteiger partial charge in [0, 0.05) is 22.6 Å². The van der Waals surface area contributed by atoms with Gasteiger partial charge in [0.2, 0.25) is 0 Å². The number of hydrogen-bond acceptors (Lipinski definition) is 9. The molecule has 0 heterocycles. The first-order valence-corrected chi connectivity index (χ1v) is 13.3. The summed E-state index contributed by atoms with van der Waals surface area (Å²) in [6.45, 7) is 1.34. The number of aryl methyl sites for hydroxylation is 1. The lowest BCUT2D eigenvalue weighted by Crippen LogP contribution is -2.14. The normalized spacial score (nSPS) is 12.5. The van der Waals surface area contributed by atoms with Gasteiger partial charge in [-0.15, -0.1) is 0 Å². The molecule has 3 rings (SSSR count). The summed E-state index contributed by atoms with van der Waals surface area (Å²) in [5.74, 6) is -1.00. The number of hydrogen-bond donors (Lipinski definition) is 4. The van der Waals surface area contributed by atoms with Gasteiger partial charge in [0.25, 0.3) is 41.9 Å². The standard InChI is InChI=1S/C18H14N2O12S3/c1-9-4-10(2-3-15(9)20(22)23)18(21)19-14-7-12(33(24,25)26)5-11-6-13(34(27,28)29)8-16(17(11)14)35(30,31)32/h2-8H,1H3,(H,19,21)(H,24,25,26)(H,27,28,29)(H,30,31,32). The smallest absolute Gasteiger partial charge is 0.295 e. The molecule has 17 heteroatoms. The van der Waals surface area contributed by atoms with Crippen LogP contribution in [-0.2, 0) is 30.4 Å². The monoisotopic (exact) mass is 546 g/mol. The van der Waals surface area contributed by atoms with Crippen LogP contribution >= 0.6 is 0 Å². The second-order valence-corrected chi connectivity index (χ2v) is 11.4. The molecule has 14 nitrogen and oxygen atoms in total. The van der Waals surface area contributed by atoms with Crippen molar-refractivity contribution in [2.24, 2.45) is 0 Å². The maximum absolute atomic E-state index is 12.8. The molecule has 0 unspecified atom stereocenters. The highest BCUT2D eigenvalue weighted by atomic mass is 32.2. The van der Waals surface area contributed by atoms with Gasteiger partial charge in [-0.25, -0.2) is 0 Å². The third-order valence-corrected chi connectivity index (χ3v) is 7.28. The molecule has 0 aliphatic carbocycles. The van der Waals surface area contributed by atoms with Crippen molar-refractivity contribution in [1.29, 1.82) is 0 Å². The molecule has 0 saturated carbocycles. The fourth-order valence-electron chi connectivity index (χ4n) is 3.22. The van der Waals surface area contributed by atoms with Gasteiger partial charge in [-0.2, -0.15) is 25.3 Å². The van der Waals surface area contributed by atoms with Gasteiger partial charge >= 0.3 is 0 Å². The first kappa shape index (κ1) is 26.1. The molecule has 4 N–H and O–H groups in total. The van der Waals surface area contributed by atoms with Gasteiger partial charge in [0.15, 0.2) is 0 Å². The highest BCUT2D eigenvalue weighted by Crippen LogP contribution is 2.35. The zero-order chi connectivity index (χ0) is 26.5. The van der Waals surface area contributed by atoms with Crippen LogP contribution in [-0.4, -0.2) is 49.7 Å². The number of nitro benzene ring substituents is 1. The molecule has 186 valence electrons. The van der Waals surface area contributed by atoms with Crippen molar-refractivity contribution in [3.8, 4) is 0 Å². The number of nitrogens with one attached hydrogen (secondary N) is 1. The minimum Gasteiger partial charge on any atom is -0.321 e. The summed E-state index contributed by atoms with van der Waals surface area (Å²) in [6.07, 6.45) is 0. The van der Waals surface area contributed by atoms with Crippen LogP contribution in [0.4, 0.5) is 11.4 Å². The SMILES string of the molecule is Cc1cc(C(=O)Nc2cc(S(=O)(=O)O)cc3cc(S(=O)(=O)O)cc(S(=O)(=O)O)c23)ccc1[N+](=O)[O-]. The van der Waals surface area contributed by atoms with E-state index in [0.29, 0.717) is 24.3 Å².